The maximum absolute atomic E-state index is 13.4. The van der Waals surface area contributed by atoms with E-state index >= 15 is 0 Å². The van der Waals surface area contributed by atoms with Crippen LogP contribution in [0.15, 0.2) is 54.7 Å². The lowest BCUT2D eigenvalue weighted by atomic mass is 10.2. The number of rotatable bonds is 2. The molecule has 0 saturated carbocycles. The summed E-state index contributed by atoms with van der Waals surface area (Å²) in [6.45, 7) is 0.665. The molecule has 3 nitrogen and oxygen atoms in total. The number of hydrogen-bond donors (Lipinski definition) is 1. The van der Waals surface area contributed by atoms with Gasteiger partial charge in [-0.1, -0.05) is 36.4 Å². The van der Waals surface area contributed by atoms with Gasteiger partial charge in [0.25, 0.3) is 0 Å². The maximum atomic E-state index is 13.4. The van der Waals surface area contributed by atoms with Gasteiger partial charge in [-0.2, -0.15) is 0 Å². The molecule has 3 rings (SSSR count). The third-order valence-electron chi connectivity index (χ3n) is 3.51. The van der Waals surface area contributed by atoms with E-state index in [1.165, 1.54) is 17.8 Å². The van der Waals surface area contributed by atoms with Crippen molar-refractivity contribution in [2.75, 3.05) is 11.4 Å². The number of amides is 2. The lowest BCUT2D eigenvalue weighted by Gasteiger charge is -2.16. The molecule has 0 spiro atoms. The molecule has 2 aromatic carbocycles. The number of nitrogens with zero attached hydrogens (tertiary/aromatic N) is 1. The van der Waals surface area contributed by atoms with Crippen LogP contribution in [0.1, 0.15) is 11.1 Å². The van der Waals surface area contributed by atoms with Crippen molar-refractivity contribution in [1.29, 1.82) is 0 Å². The second-order valence-corrected chi connectivity index (χ2v) is 4.83. The van der Waals surface area contributed by atoms with Gasteiger partial charge in [0.1, 0.15) is 5.82 Å². The minimum atomic E-state index is -0.311. The summed E-state index contributed by atoms with van der Waals surface area (Å²) in [5.41, 5.74) is 2.56. The molecule has 1 aliphatic rings. The van der Waals surface area contributed by atoms with Crippen LogP contribution in [0.2, 0.25) is 0 Å². The van der Waals surface area contributed by atoms with Crippen molar-refractivity contribution >= 4 is 17.8 Å². The smallest absolute Gasteiger partial charge is 0.314 e. The quantitative estimate of drug-likeness (QED) is 0.897. The van der Waals surface area contributed by atoms with E-state index < -0.39 is 0 Å². The fourth-order valence-corrected chi connectivity index (χ4v) is 2.44. The van der Waals surface area contributed by atoms with Crippen LogP contribution in [0.25, 0.3) is 6.08 Å². The number of fused-ring (bicyclic) bond motifs is 1. The lowest BCUT2D eigenvalue weighted by Crippen LogP contribution is -2.36. The highest BCUT2D eigenvalue weighted by Gasteiger charge is 2.23. The Hall–Kier alpha value is -2.62. The average Bonchev–Trinajstić information content (AvgIpc) is 2.93. The third kappa shape index (κ3) is 2.79. The molecule has 0 unspecified atom stereocenters. The molecule has 106 valence electrons. The Morgan fingerprint density at radius 1 is 1.14 bits per heavy atom. The summed E-state index contributed by atoms with van der Waals surface area (Å²) >= 11 is 0. The van der Waals surface area contributed by atoms with E-state index in [-0.39, 0.29) is 11.8 Å². The first-order valence-corrected chi connectivity index (χ1v) is 6.83. The molecule has 1 N–H and O–H groups in total. The molecule has 0 fully saturated rings. The van der Waals surface area contributed by atoms with E-state index in [1.54, 1.807) is 29.2 Å². The maximum Gasteiger partial charge on any atom is 0.325 e. The van der Waals surface area contributed by atoms with Crippen molar-refractivity contribution < 1.29 is 9.18 Å². The Bertz CT molecular complexity index is 697. The van der Waals surface area contributed by atoms with Crippen LogP contribution in [0.5, 0.6) is 0 Å². The molecule has 21 heavy (non-hydrogen) atoms. The minimum Gasteiger partial charge on any atom is -0.314 e. The number of nitrogens with one attached hydrogen (secondary N) is 1. The predicted octanol–water partition coefficient (Wildman–Crippen LogP) is 3.57. The summed E-state index contributed by atoms with van der Waals surface area (Å²) in [6.07, 6.45) is 3.89. The highest BCUT2D eigenvalue weighted by Crippen LogP contribution is 2.27. The number of benzene rings is 2. The lowest BCUT2D eigenvalue weighted by molar-refractivity contribution is 0.250. The van der Waals surface area contributed by atoms with Gasteiger partial charge in [-0.25, -0.2) is 9.18 Å². The number of urea groups is 1. The predicted molar refractivity (Wildman–Crippen MR) is 81.5 cm³/mol. The molecule has 0 bridgehead atoms. The normalized spacial score (nSPS) is 13.5. The monoisotopic (exact) mass is 282 g/mol. The number of halogens is 1. The van der Waals surface area contributed by atoms with E-state index in [4.69, 9.17) is 0 Å². The van der Waals surface area contributed by atoms with Crippen molar-refractivity contribution in [2.24, 2.45) is 0 Å². The van der Waals surface area contributed by atoms with Crippen LogP contribution in [0.3, 0.4) is 0 Å². The number of hydrogen-bond acceptors (Lipinski definition) is 1. The molecule has 1 aliphatic heterocycles. The average molecular weight is 282 g/mol. The molecule has 0 radical (unpaired) electrons. The van der Waals surface area contributed by atoms with Gasteiger partial charge in [-0.05, 0) is 30.2 Å². The molecular formula is C17H15FN2O. The molecule has 0 saturated heterocycles. The summed E-state index contributed by atoms with van der Waals surface area (Å²) in [6, 6.07) is 14.1. The van der Waals surface area contributed by atoms with E-state index in [2.05, 4.69) is 5.32 Å². The van der Waals surface area contributed by atoms with Gasteiger partial charge < -0.3 is 5.32 Å². The van der Waals surface area contributed by atoms with Crippen molar-refractivity contribution in [2.45, 2.75) is 6.42 Å². The second-order valence-electron chi connectivity index (χ2n) is 4.83. The Morgan fingerprint density at radius 3 is 2.76 bits per heavy atom. The number of carbonyl (C=O) groups is 1. The zero-order valence-corrected chi connectivity index (χ0v) is 11.4. The molecule has 4 heteroatoms. The summed E-state index contributed by atoms with van der Waals surface area (Å²) < 4.78 is 13.4. The molecule has 1 heterocycles. The summed E-state index contributed by atoms with van der Waals surface area (Å²) in [5.74, 6) is -0.311. The van der Waals surface area contributed by atoms with Gasteiger partial charge in [-0.3, -0.25) is 4.90 Å². The Morgan fingerprint density at radius 2 is 1.90 bits per heavy atom. The molecule has 0 aromatic heterocycles. The van der Waals surface area contributed by atoms with Crippen LogP contribution in [0, 0.1) is 5.82 Å². The Kier molecular flexibility index (Phi) is 3.69. The summed E-state index contributed by atoms with van der Waals surface area (Å²) in [7, 11) is 0. The van der Waals surface area contributed by atoms with E-state index in [1.807, 2.05) is 24.3 Å². The standard InChI is InChI=1S/C17H15FN2O/c18-15-7-3-1-5-13(15)9-11-19-17(21)20-12-10-14-6-2-4-8-16(14)20/h1-9,11H,10,12H2,(H,19,21)/b11-9+. The SMILES string of the molecule is O=C(N/C=C/c1ccccc1F)N1CCc2ccccc21. The van der Waals surface area contributed by atoms with Gasteiger partial charge in [0.15, 0.2) is 0 Å². The summed E-state index contributed by atoms with van der Waals surface area (Å²) in [5, 5.41) is 2.68. The van der Waals surface area contributed by atoms with Crippen LogP contribution < -0.4 is 10.2 Å². The van der Waals surface area contributed by atoms with Gasteiger partial charge in [0.05, 0.1) is 0 Å². The molecule has 2 amide bonds. The molecule has 2 aromatic rings. The van der Waals surface area contributed by atoms with Gasteiger partial charge in [0.2, 0.25) is 0 Å². The zero-order valence-electron chi connectivity index (χ0n) is 11.4. The van der Waals surface area contributed by atoms with Crippen molar-refractivity contribution in [1.82, 2.24) is 5.32 Å². The third-order valence-corrected chi connectivity index (χ3v) is 3.51. The highest BCUT2D eigenvalue weighted by molar-refractivity contribution is 5.95. The largest absolute Gasteiger partial charge is 0.325 e. The van der Waals surface area contributed by atoms with Crippen LogP contribution in [0.4, 0.5) is 14.9 Å². The highest BCUT2D eigenvalue weighted by atomic mass is 19.1. The minimum absolute atomic E-state index is 0.201. The zero-order chi connectivity index (χ0) is 14.7. The fourth-order valence-electron chi connectivity index (χ4n) is 2.44. The van der Waals surface area contributed by atoms with Crippen LogP contribution in [-0.2, 0) is 6.42 Å². The van der Waals surface area contributed by atoms with E-state index in [9.17, 15) is 9.18 Å². The van der Waals surface area contributed by atoms with E-state index in [0.29, 0.717) is 12.1 Å². The first kappa shape index (κ1) is 13.4. The van der Waals surface area contributed by atoms with Crippen molar-refractivity contribution in [3.8, 4) is 0 Å². The van der Waals surface area contributed by atoms with Crippen LogP contribution in [-0.4, -0.2) is 12.6 Å². The first-order valence-electron chi connectivity index (χ1n) is 6.83. The van der Waals surface area contributed by atoms with Gasteiger partial charge in [0, 0.05) is 24.0 Å². The molecule has 0 atom stereocenters. The van der Waals surface area contributed by atoms with E-state index in [0.717, 1.165) is 12.1 Å². The van der Waals surface area contributed by atoms with Crippen molar-refractivity contribution in [3.05, 3.63) is 71.7 Å². The van der Waals surface area contributed by atoms with Crippen LogP contribution >= 0.6 is 0 Å². The Labute approximate surface area is 122 Å². The topological polar surface area (TPSA) is 32.3 Å². The molecular weight excluding hydrogens is 267 g/mol. The van der Waals surface area contributed by atoms with Crippen molar-refractivity contribution in [3.63, 3.8) is 0 Å². The fraction of sp³-hybridized carbons (Fsp3) is 0.118. The Balaban J connectivity index is 1.67. The first-order chi connectivity index (χ1) is 10.3. The summed E-state index contributed by atoms with van der Waals surface area (Å²) in [4.78, 5) is 13.8. The van der Waals surface area contributed by atoms with Gasteiger partial charge >= 0.3 is 6.03 Å². The van der Waals surface area contributed by atoms with Gasteiger partial charge in [-0.15, -0.1) is 0 Å². The number of para-hydroxylation sites is 1. The number of anilines is 1. The second kappa shape index (κ2) is 5.79. The number of carbonyl (C=O) groups excluding carboxylic acids is 1. The molecule has 0 aliphatic carbocycles.